The number of carbonyl (C=O) groups is 4. The standard InChI is InChI=1S/C27H31N3O4.2C2HF3O2/c1-16(2)25(26(31)29-33)30-12-11-23(27(30)32)19-6-8-21(9-7-19)34-15-20-14-18(4)28-24-13-17(3)5-10-22(20)24;2*3-2(4,5)1(6)7/h5-10,13-14,16,23,25,33H,11-12,15H2,1-4H3,(H,29,31);2*(H,6,7). The lowest BCUT2D eigenvalue weighted by Crippen LogP contribution is -2.50. The van der Waals surface area contributed by atoms with E-state index in [9.17, 15) is 35.9 Å². The highest BCUT2D eigenvalue weighted by Crippen LogP contribution is 2.33. The molecule has 0 radical (unpaired) electrons. The third kappa shape index (κ3) is 10.8. The number of aryl methyl sites for hydroxylation is 2. The van der Waals surface area contributed by atoms with Gasteiger partial charge in [-0.3, -0.25) is 19.8 Å². The number of alkyl halides is 6. The molecule has 3 aromatic rings. The van der Waals surface area contributed by atoms with Gasteiger partial charge in [0.15, 0.2) is 0 Å². The van der Waals surface area contributed by atoms with E-state index in [2.05, 4.69) is 30.1 Å². The highest BCUT2D eigenvalue weighted by atomic mass is 19.4. The number of rotatable bonds is 7. The number of aromatic nitrogens is 1. The Kier molecular flexibility index (Phi) is 13.3. The lowest BCUT2D eigenvalue weighted by atomic mass is 9.97. The van der Waals surface area contributed by atoms with Crippen molar-refractivity contribution in [1.29, 1.82) is 0 Å². The molecule has 1 aliphatic rings. The molecule has 0 bridgehead atoms. The van der Waals surface area contributed by atoms with Crippen LogP contribution in [0.1, 0.15) is 48.6 Å². The monoisotopic (exact) mass is 689 g/mol. The Morgan fingerprint density at radius 2 is 1.50 bits per heavy atom. The van der Waals surface area contributed by atoms with E-state index in [0.29, 0.717) is 19.6 Å². The fourth-order valence-electron chi connectivity index (χ4n) is 4.79. The van der Waals surface area contributed by atoms with Gasteiger partial charge in [0.05, 0.1) is 11.4 Å². The summed E-state index contributed by atoms with van der Waals surface area (Å²) in [4.78, 5) is 49.2. The number of benzene rings is 2. The van der Waals surface area contributed by atoms with Crippen LogP contribution >= 0.6 is 0 Å². The van der Waals surface area contributed by atoms with Crippen LogP contribution < -0.4 is 10.2 Å². The van der Waals surface area contributed by atoms with Crippen molar-refractivity contribution in [3.05, 3.63) is 70.9 Å². The van der Waals surface area contributed by atoms with Crippen molar-refractivity contribution in [2.75, 3.05) is 6.54 Å². The van der Waals surface area contributed by atoms with Crippen LogP contribution in [-0.4, -0.2) is 74.0 Å². The summed E-state index contributed by atoms with van der Waals surface area (Å²) in [6.45, 7) is 8.66. The fourth-order valence-corrected chi connectivity index (χ4v) is 4.79. The van der Waals surface area contributed by atoms with Crippen LogP contribution in [-0.2, 0) is 25.8 Å². The lowest BCUT2D eigenvalue weighted by Gasteiger charge is -2.29. The number of hydrogen-bond donors (Lipinski definition) is 4. The predicted octanol–water partition coefficient (Wildman–Crippen LogP) is 5.54. The molecule has 1 aromatic heterocycles. The molecule has 1 saturated heterocycles. The summed E-state index contributed by atoms with van der Waals surface area (Å²) < 4.78 is 69.5. The van der Waals surface area contributed by atoms with Crippen LogP contribution in [0.3, 0.4) is 0 Å². The number of carboxylic acids is 2. The van der Waals surface area contributed by atoms with E-state index < -0.39 is 36.2 Å². The first-order valence-corrected chi connectivity index (χ1v) is 14.1. The van der Waals surface area contributed by atoms with E-state index >= 15 is 0 Å². The molecular formula is C31H33F6N3O8. The minimum Gasteiger partial charge on any atom is -0.489 e. The molecule has 262 valence electrons. The van der Waals surface area contributed by atoms with Crippen molar-refractivity contribution >= 4 is 34.7 Å². The molecule has 48 heavy (non-hydrogen) atoms. The third-order valence-corrected chi connectivity index (χ3v) is 6.93. The van der Waals surface area contributed by atoms with Gasteiger partial charge in [-0.1, -0.05) is 38.1 Å². The van der Waals surface area contributed by atoms with Gasteiger partial charge in [-0.25, -0.2) is 15.1 Å². The van der Waals surface area contributed by atoms with E-state index in [1.54, 1.807) is 10.4 Å². The van der Waals surface area contributed by atoms with Gasteiger partial charge in [0, 0.05) is 23.2 Å². The number of carboxylic acid groups (broad SMARTS) is 2. The SMILES string of the molecule is Cc1ccc2c(COc3ccc(C4CCN(C(C(=O)NO)C(C)C)C4=O)cc3)cc(C)nc2c1.O=C(O)C(F)(F)F.O=C(O)C(F)(F)F. The van der Waals surface area contributed by atoms with E-state index in [0.717, 1.165) is 33.5 Å². The predicted molar refractivity (Wildman–Crippen MR) is 157 cm³/mol. The van der Waals surface area contributed by atoms with E-state index in [-0.39, 0.29) is 17.7 Å². The van der Waals surface area contributed by atoms with Crippen molar-refractivity contribution in [1.82, 2.24) is 15.4 Å². The molecule has 1 aliphatic heterocycles. The van der Waals surface area contributed by atoms with E-state index in [4.69, 9.17) is 29.7 Å². The lowest BCUT2D eigenvalue weighted by molar-refractivity contribution is -0.193. The number of halogens is 6. The Morgan fingerprint density at radius 1 is 0.958 bits per heavy atom. The Labute approximate surface area is 270 Å². The second-order valence-corrected chi connectivity index (χ2v) is 10.9. The molecule has 2 unspecified atom stereocenters. The number of nitrogens with one attached hydrogen (secondary N) is 1. The number of nitrogens with zero attached hydrogens (tertiary/aromatic N) is 2. The van der Waals surface area contributed by atoms with Gasteiger partial charge in [0.2, 0.25) is 5.91 Å². The summed E-state index contributed by atoms with van der Waals surface area (Å²) >= 11 is 0. The van der Waals surface area contributed by atoms with Gasteiger partial charge >= 0.3 is 24.3 Å². The fraction of sp³-hybridized carbons (Fsp3) is 0.387. The topological polar surface area (TPSA) is 166 Å². The summed E-state index contributed by atoms with van der Waals surface area (Å²) in [6.07, 6.45) is -9.54. The maximum Gasteiger partial charge on any atom is 0.490 e. The van der Waals surface area contributed by atoms with Crippen molar-refractivity contribution < 1.29 is 65.7 Å². The summed E-state index contributed by atoms with van der Waals surface area (Å²) in [7, 11) is 0. The quantitative estimate of drug-likeness (QED) is 0.142. The summed E-state index contributed by atoms with van der Waals surface area (Å²) in [6, 6.07) is 15.2. The van der Waals surface area contributed by atoms with E-state index in [1.807, 2.05) is 51.1 Å². The molecule has 4 N–H and O–H groups in total. The van der Waals surface area contributed by atoms with Crippen LogP contribution in [0, 0.1) is 19.8 Å². The van der Waals surface area contributed by atoms with Gasteiger partial charge in [0.1, 0.15) is 18.4 Å². The maximum absolute atomic E-state index is 13.1. The minimum absolute atomic E-state index is 0.0926. The number of likely N-dealkylation sites (tertiary alicyclic amines) is 1. The Bertz CT molecular complexity index is 1580. The van der Waals surface area contributed by atoms with Gasteiger partial charge in [0.25, 0.3) is 5.91 Å². The van der Waals surface area contributed by atoms with Crippen molar-refractivity contribution in [3.8, 4) is 5.75 Å². The smallest absolute Gasteiger partial charge is 0.489 e. The molecule has 2 heterocycles. The maximum atomic E-state index is 13.1. The van der Waals surface area contributed by atoms with Crippen molar-refractivity contribution in [3.63, 3.8) is 0 Å². The normalized spacial score (nSPS) is 15.2. The zero-order valence-electron chi connectivity index (χ0n) is 26.0. The first kappa shape index (κ1) is 39.2. The first-order chi connectivity index (χ1) is 22.2. The molecular weight excluding hydrogens is 656 g/mol. The van der Waals surface area contributed by atoms with Gasteiger partial charge in [-0.2, -0.15) is 26.3 Å². The second-order valence-electron chi connectivity index (χ2n) is 10.9. The molecule has 11 nitrogen and oxygen atoms in total. The average molecular weight is 690 g/mol. The van der Waals surface area contributed by atoms with Crippen molar-refractivity contribution in [2.45, 2.75) is 65.0 Å². The van der Waals surface area contributed by atoms with E-state index in [1.165, 1.54) is 5.56 Å². The molecule has 2 aromatic carbocycles. The zero-order valence-corrected chi connectivity index (χ0v) is 26.0. The second kappa shape index (κ2) is 16.3. The molecule has 1 fully saturated rings. The molecule has 17 heteroatoms. The molecule has 0 aliphatic carbocycles. The zero-order chi connectivity index (χ0) is 36.6. The van der Waals surface area contributed by atoms with Crippen LogP contribution in [0.2, 0.25) is 0 Å². The summed E-state index contributed by atoms with van der Waals surface area (Å²) in [5.74, 6) is -5.86. The number of hydrogen-bond acceptors (Lipinski definition) is 7. The van der Waals surface area contributed by atoms with Gasteiger partial charge in [-0.05, 0) is 61.6 Å². The summed E-state index contributed by atoms with van der Waals surface area (Å²) in [5.41, 5.74) is 6.76. The van der Waals surface area contributed by atoms with Crippen LogP contribution in [0.5, 0.6) is 5.75 Å². The number of hydroxylamine groups is 1. The number of ether oxygens (including phenoxy) is 1. The molecule has 4 rings (SSSR count). The number of fused-ring (bicyclic) bond motifs is 1. The van der Waals surface area contributed by atoms with Crippen molar-refractivity contribution in [2.24, 2.45) is 5.92 Å². The third-order valence-electron chi connectivity index (χ3n) is 6.93. The molecule has 2 amide bonds. The number of pyridine rings is 1. The average Bonchev–Trinajstić information content (AvgIpc) is 3.35. The minimum atomic E-state index is -5.08. The number of carbonyl (C=O) groups excluding carboxylic acids is 2. The molecule has 2 atom stereocenters. The molecule has 0 spiro atoms. The molecule has 0 saturated carbocycles. The first-order valence-electron chi connectivity index (χ1n) is 14.1. The van der Waals surface area contributed by atoms with Gasteiger partial charge in [-0.15, -0.1) is 0 Å². The Balaban J connectivity index is 0.000000479. The summed E-state index contributed by atoms with van der Waals surface area (Å²) in [5, 5.41) is 24.4. The Morgan fingerprint density at radius 3 is 1.98 bits per heavy atom. The highest BCUT2D eigenvalue weighted by Gasteiger charge is 2.41. The number of aliphatic carboxylic acids is 2. The Hall–Kier alpha value is -4.93. The van der Waals surface area contributed by atoms with Gasteiger partial charge < -0.3 is 19.8 Å². The number of amides is 2. The van der Waals surface area contributed by atoms with Crippen LogP contribution in [0.15, 0.2) is 48.5 Å². The van der Waals surface area contributed by atoms with Crippen LogP contribution in [0.25, 0.3) is 10.9 Å². The van der Waals surface area contributed by atoms with Crippen LogP contribution in [0.4, 0.5) is 26.3 Å². The highest BCUT2D eigenvalue weighted by molar-refractivity contribution is 5.92. The largest absolute Gasteiger partial charge is 0.490 e.